The van der Waals surface area contributed by atoms with Crippen LogP contribution in [0.3, 0.4) is 0 Å². The number of rotatable bonds is 9. The number of aromatic nitrogens is 2. The largest absolute Gasteiger partial charge is 0.573 e. The van der Waals surface area contributed by atoms with Crippen LogP contribution in [0.2, 0.25) is 0 Å². The first-order valence-corrected chi connectivity index (χ1v) is 10.7. The number of aryl methyl sites for hydroxylation is 1. The molecule has 1 atom stereocenters. The zero-order valence-electron chi connectivity index (χ0n) is 19.2. The number of nitrogens with one attached hydrogen (secondary N) is 1. The number of imidazole rings is 1. The highest BCUT2D eigenvalue weighted by molar-refractivity contribution is 5.97. The highest BCUT2D eigenvalue weighted by Gasteiger charge is 2.33. The van der Waals surface area contributed by atoms with E-state index in [4.69, 9.17) is 5.41 Å². The summed E-state index contributed by atoms with van der Waals surface area (Å²) in [6.45, 7) is -0.0821. The number of aliphatic carboxylic acids is 1. The van der Waals surface area contributed by atoms with Crippen LogP contribution in [0.1, 0.15) is 45.8 Å². The molecule has 0 saturated carbocycles. The van der Waals surface area contributed by atoms with Gasteiger partial charge in [0.05, 0.1) is 18.5 Å². The molecule has 3 rings (SSSR count). The van der Waals surface area contributed by atoms with Crippen molar-refractivity contribution in [2.24, 2.45) is 7.05 Å². The van der Waals surface area contributed by atoms with Crippen LogP contribution in [-0.2, 0) is 24.6 Å². The molecular formula is C24H21F6N3O4. The van der Waals surface area contributed by atoms with Gasteiger partial charge in [-0.15, -0.1) is 13.2 Å². The van der Waals surface area contributed by atoms with Crippen LogP contribution in [0.4, 0.5) is 26.3 Å². The summed E-state index contributed by atoms with van der Waals surface area (Å²) in [6, 6.07) is 7.04. The Labute approximate surface area is 206 Å². The number of carboxylic acids is 1. The van der Waals surface area contributed by atoms with Crippen molar-refractivity contribution in [3.63, 3.8) is 0 Å². The van der Waals surface area contributed by atoms with Crippen molar-refractivity contribution in [2.75, 3.05) is 0 Å². The molecule has 0 radical (unpaired) electrons. The minimum Gasteiger partial charge on any atom is -0.481 e. The Bertz CT molecular complexity index is 1360. The molecule has 0 saturated heterocycles. The molecule has 37 heavy (non-hydrogen) atoms. The van der Waals surface area contributed by atoms with E-state index in [1.165, 1.54) is 27.5 Å². The molecular weight excluding hydrogens is 508 g/mol. The average molecular weight is 529 g/mol. The molecule has 2 N–H and O–H groups in total. The van der Waals surface area contributed by atoms with Gasteiger partial charge in [-0.3, -0.25) is 15.0 Å². The van der Waals surface area contributed by atoms with Gasteiger partial charge >= 0.3 is 18.5 Å². The van der Waals surface area contributed by atoms with Gasteiger partial charge in [0.1, 0.15) is 5.75 Å². The highest BCUT2D eigenvalue weighted by atomic mass is 19.4. The first-order chi connectivity index (χ1) is 17.1. The predicted molar refractivity (Wildman–Crippen MR) is 117 cm³/mol. The monoisotopic (exact) mass is 529 g/mol. The van der Waals surface area contributed by atoms with Crippen molar-refractivity contribution in [3.8, 4) is 5.75 Å². The SMILES string of the molecule is Cn1ccn(Cc2cc(OC(F)(F)F)cc(C(=O)C[C@@H](CC(=O)O)c3cccc(C(F)(F)F)c3)c2)c1=N. The van der Waals surface area contributed by atoms with Gasteiger partial charge in [0, 0.05) is 37.3 Å². The number of Topliss-reactive ketones (excluding diaryl/α,β-unsaturated/α-hetero) is 1. The Morgan fingerprint density at radius 2 is 1.73 bits per heavy atom. The van der Waals surface area contributed by atoms with Gasteiger partial charge in [0.25, 0.3) is 0 Å². The summed E-state index contributed by atoms with van der Waals surface area (Å²) < 4.78 is 85.0. The Hall–Kier alpha value is -4.03. The number of benzene rings is 2. The molecule has 1 heterocycles. The molecule has 0 fully saturated rings. The van der Waals surface area contributed by atoms with Crippen molar-refractivity contribution in [2.45, 2.75) is 37.8 Å². The van der Waals surface area contributed by atoms with E-state index in [9.17, 15) is 41.0 Å². The summed E-state index contributed by atoms with van der Waals surface area (Å²) in [6.07, 6.45) is -7.96. The first kappa shape index (κ1) is 27.6. The lowest BCUT2D eigenvalue weighted by atomic mass is 9.88. The van der Waals surface area contributed by atoms with E-state index in [-0.39, 0.29) is 28.9 Å². The number of carboxylic acid groups (broad SMARTS) is 1. The summed E-state index contributed by atoms with van der Waals surface area (Å²) in [5, 5.41) is 17.3. The fourth-order valence-corrected chi connectivity index (χ4v) is 3.78. The fourth-order valence-electron chi connectivity index (χ4n) is 3.78. The Morgan fingerprint density at radius 3 is 2.30 bits per heavy atom. The van der Waals surface area contributed by atoms with E-state index in [1.54, 1.807) is 13.2 Å². The van der Waals surface area contributed by atoms with Crippen LogP contribution >= 0.6 is 0 Å². The van der Waals surface area contributed by atoms with E-state index < -0.39 is 54.4 Å². The highest BCUT2D eigenvalue weighted by Crippen LogP contribution is 2.34. The number of carbonyl (C=O) groups is 2. The molecule has 0 aliphatic rings. The van der Waals surface area contributed by atoms with Gasteiger partial charge in [-0.25, -0.2) is 0 Å². The molecule has 0 aliphatic carbocycles. The molecule has 0 spiro atoms. The second-order valence-corrected chi connectivity index (χ2v) is 8.32. The van der Waals surface area contributed by atoms with Gasteiger partial charge in [-0.05, 0) is 35.4 Å². The van der Waals surface area contributed by atoms with Gasteiger partial charge in [0.15, 0.2) is 5.78 Å². The summed E-state index contributed by atoms with van der Waals surface area (Å²) in [7, 11) is 1.59. The topological polar surface area (TPSA) is 97.3 Å². The molecule has 3 aromatic rings. The number of hydrogen-bond donors (Lipinski definition) is 2. The second-order valence-electron chi connectivity index (χ2n) is 8.32. The lowest BCUT2D eigenvalue weighted by Crippen LogP contribution is -2.23. The number of alkyl halides is 6. The van der Waals surface area contributed by atoms with Crippen molar-refractivity contribution >= 4 is 11.8 Å². The molecule has 1 aromatic heterocycles. The Kier molecular flexibility index (Phi) is 7.84. The third kappa shape index (κ3) is 7.48. The van der Waals surface area contributed by atoms with Crippen molar-refractivity contribution in [1.29, 1.82) is 5.41 Å². The third-order valence-corrected chi connectivity index (χ3v) is 5.49. The minimum absolute atomic E-state index is 0.0288. The number of nitrogens with zero attached hydrogens (tertiary/aromatic N) is 2. The van der Waals surface area contributed by atoms with E-state index in [1.807, 2.05) is 0 Å². The van der Waals surface area contributed by atoms with Crippen LogP contribution in [0.25, 0.3) is 0 Å². The Morgan fingerprint density at radius 1 is 1.03 bits per heavy atom. The molecule has 0 aliphatic heterocycles. The number of hydrogen-bond acceptors (Lipinski definition) is 4. The Balaban J connectivity index is 1.97. The molecule has 2 aromatic carbocycles. The molecule has 0 amide bonds. The van der Waals surface area contributed by atoms with Crippen molar-refractivity contribution < 1.29 is 45.8 Å². The van der Waals surface area contributed by atoms with Crippen LogP contribution in [0.5, 0.6) is 5.75 Å². The van der Waals surface area contributed by atoms with Gasteiger partial charge in [-0.2, -0.15) is 13.2 Å². The zero-order valence-corrected chi connectivity index (χ0v) is 19.2. The van der Waals surface area contributed by atoms with Crippen LogP contribution in [0.15, 0.2) is 54.9 Å². The number of carbonyl (C=O) groups excluding carboxylic acids is 1. The maximum Gasteiger partial charge on any atom is 0.573 e. The molecule has 198 valence electrons. The molecule has 0 bridgehead atoms. The van der Waals surface area contributed by atoms with Gasteiger partial charge < -0.3 is 19.0 Å². The number of ketones is 1. The quantitative estimate of drug-likeness (QED) is 0.298. The van der Waals surface area contributed by atoms with Crippen LogP contribution in [-0.4, -0.2) is 32.4 Å². The zero-order chi connectivity index (χ0) is 27.5. The van der Waals surface area contributed by atoms with E-state index in [0.29, 0.717) is 0 Å². The summed E-state index contributed by atoms with van der Waals surface area (Å²) in [5.74, 6) is -4.04. The summed E-state index contributed by atoms with van der Waals surface area (Å²) in [5.41, 5.74) is -1.11. The van der Waals surface area contributed by atoms with Gasteiger partial charge in [0.2, 0.25) is 5.62 Å². The predicted octanol–water partition coefficient (Wildman–Crippen LogP) is 5.10. The summed E-state index contributed by atoms with van der Waals surface area (Å²) in [4.78, 5) is 24.5. The third-order valence-electron chi connectivity index (χ3n) is 5.49. The molecule has 13 heteroatoms. The molecule has 7 nitrogen and oxygen atoms in total. The van der Waals surface area contributed by atoms with E-state index in [2.05, 4.69) is 4.74 Å². The second kappa shape index (κ2) is 10.5. The fraction of sp³-hybridized carbons (Fsp3) is 0.292. The maximum atomic E-state index is 13.1. The van der Waals surface area contributed by atoms with E-state index >= 15 is 0 Å². The van der Waals surface area contributed by atoms with Crippen LogP contribution < -0.4 is 10.4 Å². The average Bonchev–Trinajstić information content (AvgIpc) is 3.08. The van der Waals surface area contributed by atoms with Crippen molar-refractivity contribution in [3.05, 3.63) is 82.7 Å². The standard InChI is InChI=1S/C24H21F6N3O4/c1-32-5-6-33(22(32)31)13-14-7-17(10-19(8-14)37-24(28,29)30)20(34)11-16(12-21(35)36)15-3-2-4-18(9-15)23(25,26)27/h2-10,16,31H,11-13H2,1H3,(H,35,36)/t16-/m0/s1. The first-order valence-electron chi connectivity index (χ1n) is 10.7. The minimum atomic E-state index is -5.07. The molecule has 0 unspecified atom stereocenters. The lowest BCUT2D eigenvalue weighted by molar-refractivity contribution is -0.274. The van der Waals surface area contributed by atoms with Crippen molar-refractivity contribution in [1.82, 2.24) is 9.13 Å². The normalized spacial score (nSPS) is 12.8. The summed E-state index contributed by atoms with van der Waals surface area (Å²) >= 11 is 0. The van der Waals surface area contributed by atoms with Gasteiger partial charge in [-0.1, -0.05) is 18.2 Å². The maximum absolute atomic E-state index is 13.1. The van der Waals surface area contributed by atoms with Crippen LogP contribution in [0, 0.1) is 5.41 Å². The lowest BCUT2D eigenvalue weighted by Gasteiger charge is -2.18. The smallest absolute Gasteiger partial charge is 0.481 e. The number of halogens is 6. The van der Waals surface area contributed by atoms with E-state index in [0.717, 1.165) is 30.3 Å². The number of ether oxygens (including phenoxy) is 1.